The molecule has 0 radical (unpaired) electrons. The number of benzene rings is 2. The van der Waals surface area contributed by atoms with Crippen LogP contribution in [0.4, 0.5) is 0 Å². The van der Waals surface area contributed by atoms with E-state index in [-0.39, 0.29) is 24.2 Å². The molecule has 2 aliphatic rings. The monoisotopic (exact) mass is 323 g/mol. The maximum absolute atomic E-state index is 12.2. The van der Waals surface area contributed by atoms with E-state index in [1.165, 1.54) is 11.1 Å². The minimum absolute atomic E-state index is 0.0518. The number of hydrogen-bond donors (Lipinski definition) is 0. The van der Waals surface area contributed by atoms with Crippen LogP contribution in [0.25, 0.3) is 0 Å². The van der Waals surface area contributed by atoms with Crippen molar-refractivity contribution >= 4 is 5.97 Å². The van der Waals surface area contributed by atoms with Crippen molar-refractivity contribution in [3.63, 3.8) is 0 Å². The molecule has 4 heteroatoms. The normalized spacial score (nSPS) is 26.9. The molecule has 4 rings (SSSR count). The van der Waals surface area contributed by atoms with Gasteiger partial charge in [0.1, 0.15) is 18.8 Å². The van der Waals surface area contributed by atoms with Crippen molar-refractivity contribution in [2.24, 2.45) is 0 Å². The Morgan fingerprint density at radius 2 is 1.83 bits per heavy atom. The fourth-order valence-corrected chi connectivity index (χ4v) is 3.60. The zero-order chi connectivity index (χ0) is 16.7. The van der Waals surface area contributed by atoms with Gasteiger partial charge in [0.15, 0.2) is 0 Å². The number of hydroxylamine groups is 2. The Morgan fingerprint density at radius 1 is 1.04 bits per heavy atom. The summed E-state index contributed by atoms with van der Waals surface area (Å²) in [6, 6.07) is 16.1. The molecule has 2 aliphatic heterocycles. The Labute approximate surface area is 141 Å². The molecule has 2 aromatic carbocycles. The second-order valence-electron chi connectivity index (χ2n) is 6.62. The van der Waals surface area contributed by atoms with Crippen LogP contribution in [0.3, 0.4) is 0 Å². The molecule has 0 N–H and O–H groups in total. The van der Waals surface area contributed by atoms with Gasteiger partial charge in [0.25, 0.3) is 0 Å². The van der Waals surface area contributed by atoms with E-state index in [1.54, 1.807) is 0 Å². The summed E-state index contributed by atoms with van der Waals surface area (Å²) in [5.74, 6) is -0.185. The fourth-order valence-electron chi connectivity index (χ4n) is 3.60. The molecule has 0 spiro atoms. The topological polar surface area (TPSA) is 38.8 Å². The smallest absolute Gasteiger partial charge is 0.325 e. The van der Waals surface area contributed by atoms with Crippen LogP contribution in [0, 0.1) is 13.8 Å². The molecule has 0 bridgehead atoms. The van der Waals surface area contributed by atoms with Crippen LogP contribution in [0.2, 0.25) is 0 Å². The molecule has 0 aliphatic carbocycles. The second-order valence-corrected chi connectivity index (χ2v) is 6.62. The van der Waals surface area contributed by atoms with Gasteiger partial charge in [-0.25, -0.2) is 0 Å². The molecule has 2 aromatic rings. The zero-order valence-corrected chi connectivity index (χ0v) is 13.9. The highest BCUT2D eigenvalue weighted by atomic mass is 16.7. The molecule has 4 nitrogen and oxygen atoms in total. The average molecular weight is 323 g/mol. The molecule has 2 heterocycles. The van der Waals surface area contributed by atoms with Crippen molar-refractivity contribution in [3.05, 3.63) is 70.8 Å². The predicted octanol–water partition coefficient (Wildman–Crippen LogP) is 3.65. The first kappa shape index (κ1) is 15.4. The summed E-state index contributed by atoms with van der Waals surface area (Å²) in [7, 11) is 0. The van der Waals surface area contributed by atoms with Crippen LogP contribution in [0.1, 0.15) is 40.8 Å². The van der Waals surface area contributed by atoms with Gasteiger partial charge in [-0.2, -0.15) is 5.06 Å². The van der Waals surface area contributed by atoms with E-state index in [0.717, 1.165) is 11.1 Å². The summed E-state index contributed by atoms with van der Waals surface area (Å²) in [6.45, 7) is 4.49. The van der Waals surface area contributed by atoms with Crippen molar-refractivity contribution in [3.8, 4) is 0 Å². The van der Waals surface area contributed by atoms with Crippen molar-refractivity contribution in [1.82, 2.24) is 5.06 Å². The van der Waals surface area contributed by atoms with Crippen molar-refractivity contribution < 1.29 is 14.4 Å². The van der Waals surface area contributed by atoms with Gasteiger partial charge in [0.05, 0.1) is 6.04 Å². The minimum atomic E-state index is -0.339. The molecule has 0 aromatic heterocycles. The maximum Gasteiger partial charge on any atom is 0.325 e. The Bertz CT molecular complexity index is 759. The third kappa shape index (κ3) is 2.62. The summed E-state index contributed by atoms with van der Waals surface area (Å²) >= 11 is 0. The third-order valence-corrected chi connectivity index (χ3v) is 4.92. The predicted molar refractivity (Wildman–Crippen MR) is 90.1 cm³/mol. The maximum atomic E-state index is 12.2. The summed E-state index contributed by atoms with van der Waals surface area (Å²) in [4.78, 5) is 18.5. The number of fused-ring (bicyclic) bond motifs is 1. The average Bonchev–Trinajstić information content (AvgIpc) is 3.04. The van der Waals surface area contributed by atoms with E-state index in [4.69, 9.17) is 9.57 Å². The van der Waals surface area contributed by atoms with E-state index in [0.29, 0.717) is 13.0 Å². The van der Waals surface area contributed by atoms with E-state index in [2.05, 4.69) is 44.2 Å². The fraction of sp³-hybridized carbons (Fsp3) is 0.350. The van der Waals surface area contributed by atoms with E-state index < -0.39 is 0 Å². The van der Waals surface area contributed by atoms with Crippen LogP contribution in [-0.4, -0.2) is 23.7 Å². The number of nitrogens with zero attached hydrogens (tertiary/aromatic N) is 1. The van der Waals surface area contributed by atoms with Crippen LogP contribution in [-0.2, 0) is 14.4 Å². The summed E-state index contributed by atoms with van der Waals surface area (Å²) in [5.41, 5.74) is 4.65. The zero-order valence-electron chi connectivity index (χ0n) is 13.9. The van der Waals surface area contributed by atoms with Gasteiger partial charge in [-0.05, 0) is 30.5 Å². The highest BCUT2D eigenvalue weighted by Gasteiger charge is 2.47. The molecule has 0 amide bonds. The molecule has 2 fully saturated rings. The quantitative estimate of drug-likeness (QED) is 0.791. The first-order valence-electron chi connectivity index (χ1n) is 8.37. The third-order valence-electron chi connectivity index (χ3n) is 4.92. The Morgan fingerprint density at radius 3 is 2.62 bits per heavy atom. The molecule has 3 atom stereocenters. The van der Waals surface area contributed by atoms with Crippen molar-refractivity contribution in [2.75, 3.05) is 6.61 Å². The van der Waals surface area contributed by atoms with Gasteiger partial charge in [-0.1, -0.05) is 54.1 Å². The van der Waals surface area contributed by atoms with Crippen LogP contribution < -0.4 is 0 Å². The summed E-state index contributed by atoms with van der Waals surface area (Å²) < 4.78 is 5.44. The van der Waals surface area contributed by atoms with Crippen LogP contribution in [0.5, 0.6) is 0 Å². The summed E-state index contributed by atoms with van der Waals surface area (Å²) in [6.07, 6.45) is 0.527. The molecule has 2 saturated heterocycles. The highest BCUT2D eigenvalue weighted by Crippen LogP contribution is 2.42. The lowest BCUT2D eigenvalue weighted by atomic mass is 9.96. The van der Waals surface area contributed by atoms with Gasteiger partial charge < -0.3 is 4.74 Å². The van der Waals surface area contributed by atoms with Crippen molar-refractivity contribution in [1.29, 1.82) is 0 Å². The lowest BCUT2D eigenvalue weighted by Crippen LogP contribution is -2.46. The van der Waals surface area contributed by atoms with Gasteiger partial charge in [0, 0.05) is 6.42 Å². The largest absolute Gasteiger partial charge is 0.462 e. The van der Waals surface area contributed by atoms with Gasteiger partial charge in [-0.15, -0.1) is 0 Å². The van der Waals surface area contributed by atoms with Crippen molar-refractivity contribution in [2.45, 2.75) is 38.5 Å². The molecular formula is C20H21NO3. The number of carbonyl (C=O) groups excluding carboxylic acids is 1. The second kappa shape index (κ2) is 6.04. The van der Waals surface area contributed by atoms with Crippen LogP contribution in [0.15, 0.2) is 48.5 Å². The molecular weight excluding hydrogens is 302 g/mol. The number of esters is 1. The number of cyclic esters (lactones) is 1. The first-order valence-corrected chi connectivity index (χ1v) is 8.37. The number of rotatable bonds is 2. The molecule has 124 valence electrons. The van der Waals surface area contributed by atoms with Gasteiger partial charge >= 0.3 is 5.97 Å². The number of carbonyl (C=O) groups is 1. The number of hydrogen-bond acceptors (Lipinski definition) is 4. The van der Waals surface area contributed by atoms with Gasteiger partial charge in [-0.3, -0.25) is 9.63 Å². The summed E-state index contributed by atoms with van der Waals surface area (Å²) in [5, 5.41) is 1.85. The minimum Gasteiger partial charge on any atom is -0.462 e. The number of morpholine rings is 1. The van der Waals surface area contributed by atoms with E-state index in [9.17, 15) is 4.79 Å². The number of ether oxygens (including phenoxy) is 1. The van der Waals surface area contributed by atoms with E-state index >= 15 is 0 Å². The molecule has 0 saturated carbocycles. The van der Waals surface area contributed by atoms with Crippen LogP contribution >= 0.6 is 0 Å². The Hall–Kier alpha value is -2.17. The lowest BCUT2D eigenvalue weighted by molar-refractivity contribution is -0.228. The SMILES string of the molecule is Cc1ccc(C)c(C2C[C@H]3C(=O)OC[C@H](c4ccccc4)N3O2)c1. The standard InChI is InChI=1S/C20H21NO3/c1-13-8-9-14(2)16(10-13)19-11-17-20(22)23-12-18(21(17)24-19)15-6-4-3-5-7-15/h3-10,17-19H,11-12H2,1-2H3/t17-,18+,19?/m0/s1. The Kier molecular flexibility index (Phi) is 3.87. The molecule has 24 heavy (non-hydrogen) atoms. The number of aryl methyl sites for hydroxylation is 2. The molecule has 1 unspecified atom stereocenters. The van der Waals surface area contributed by atoms with Gasteiger partial charge in [0.2, 0.25) is 0 Å². The van der Waals surface area contributed by atoms with E-state index in [1.807, 2.05) is 23.3 Å². The lowest BCUT2D eigenvalue weighted by Gasteiger charge is -2.34. The highest BCUT2D eigenvalue weighted by molar-refractivity contribution is 5.77. The first-order chi connectivity index (χ1) is 11.6. The Balaban J connectivity index is 1.65.